The van der Waals surface area contributed by atoms with E-state index in [0.29, 0.717) is 0 Å². The number of thiophene rings is 1. The van der Waals surface area contributed by atoms with E-state index in [1.807, 2.05) is 0 Å². The Balaban J connectivity index is 2.08. The molecule has 0 bridgehead atoms. The van der Waals surface area contributed by atoms with Gasteiger partial charge in [-0.25, -0.2) is 0 Å². The van der Waals surface area contributed by atoms with Gasteiger partial charge in [-0.05, 0) is 50.8 Å². The Bertz CT molecular complexity index is 374. The summed E-state index contributed by atoms with van der Waals surface area (Å²) in [6.45, 7) is 7.51. The summed E-state index contributed by atoms with van der Waals surface area (Å²) >= 11 is 1.78. The Morgan fingerprint density at radius 1 is 1.53 bits per heavy atom. The van der Waals surface area contributed by atoms with Crippen molar-refractivity contribution in [3.8, 4) is 0 Å². The molecule has 1 fully saturated rings. The Morgan fingerprint density at radius 2 is 2.29 bits per heavy atom. The van der Waals surface area contributed by atoms with Gasteiger partial charge in [-0.2, -0.15) is 0 Å². The third-order valence-corrected chi connectivity index (χ3v) is 4.88. The number of aliphatic hydroxyl groups is 1. The number of aliphatic hydroxyl groups excluding tert-OH is 1. The lowest BCUT2D eigenvalue weighted by Gasteiger charge is -2.33. The minimum Gasteiger partial charge on any atom is -0.387 e. The average molecular weight is 253 g/mol. The first-order valence-corrected chi connectivity index (χ1v) is 7.41. The second kappa shape index (κ2) is 5.51. The molecule has 3 heteroatoms. The highest BCUT2D eigenvalue weighted by atomic mass is 32.1. The molecule has 3 atom stereocenters. The second-order valence-corrected chi connectivity index (χ2v) is 6.63. The van der Waals surface area contributed by atoms with Crippen LogP contribution < -0.4 is 5.32 Å². The zero-order valence-electron chi connectivity index (χ0n) is 11.0. The number of piperidine rings is 1. The van der Waals surface area contributed by atoms with Crippen molar-refractivity contribution in [3.05, 3.63) is 21.4 Å². The van der Waals surface area contributed by atoms with Crippen LogP contribution in [0, 0.1) is 19.8 Å². The molecule has 0 aliphatic carbocycles. The van der Waals surface area contributed by atoms with Gasteiger partial charge in [0.2, 0.25) is 0 Å². The van der Waals surface area contributed by atoms with Gasteiger partial charge in [0, 0.05) is 15.8 Å². The Kier molecular flexibility index (Phi) is 4.23. The lowest BCUT2D eigenvalue weighted by molar-refractivity contribution is 0.0977. The molecule has 1 saturated heterocycles. The fourth-order valence-electron chi connectivity index (χ4n) is 2.81. The van der Waals surface area contributed by atoms with Crippen molar-refractivity contribution in [2.75, 3.05) is 6.54 Å². The summed E-state index contributed by atoms with van der Waals surface area (Å²) in [5, 5.41) is 14.0. The molecule has 0 radical (unpaired) electrons. The van der Waals surface area contributed by atoms with Crippen LogP contribution in [0.3, 0.4) is 0 Å². The maximum atomic E-state index is 10.5. The minimum atomic E-state index is -0.339. The molecular weight excluding hydrogens is 230 g/mol. The van der Waals surface area contributed by atoms with Gasteiger partial charge in [-0.1, -0.05) is 13.3 Å². The molecule has 1 aliphatic heterocycles. The van der Waals surface area contributed by atoms with Crippen molar-refractivity contribution in [2.45, 2.75) is 52.2 Å². The fourth-order valence-corrected chi connectivity index (χ4v) is 3.77. The largest absolute Gasteiger partial charge is 0.387 e. The minimum absolute atomic E-state index is 0.237. The van der Waals surface area contributed by atoms with Crippen LogP contribution in [-0.2, 0) is 0 Å². The summed E-state index contributed by atoms with van der Waals surface area (Å²) in [5.74, 6) is 0.774. The zero-order valence-corrected chi connectivity index (χ0v) is 11.8. The summed E-state index contributed by atoms with van der Waals surface area (Å²) in [4.78, 5) is 2.55. The van der Waals surface area contributed by atoms with Crippen molar-refractivity contribution in [3.63, 3.8) is 0 Å². The molecule has 3 unspecified atom stereocenters. The maximum absolute atomic E-state index is 10.5. The quantitative estimate of drug-likeness (QED) is 0.867. The molecule has 2 rings (SSSR count). The number of nitrogens with one attached hydrogen (secondary N) is 1. The first-order chi connectivity index (χ1) is 8.11. The van der Waals surface area contributed by atoms with E-state index in [0.717, 1.165) is 24.4 Å². The summed E-state index contributed by atoms with van der Waals surface area (Å²) in [6.07, 6.45) is 3.24. The summed E-state index contributed by atoms with van der Waals surface area (Å²) in [5.41, 5.74) is 1.13. The van der Waals surface area contributed by atoms with Gasteiger partial charge in [0.1, 0.15) is 0 Å². The highest BCUT2D eigenvalue weighted by molar-refractivity contribution is 7.12. The van der Waals surface area contributed by atoms with E-state index in [1.165, 1.54) is 22.6 Å². The van der Waals surface area contributed by atoms with Crippen molar-refractivity contribution < 1.29 is 5.11 Å². The van der Waals surface area contributed by atoms with E-state index in [1.54, 1.807) is 11.3 Å². The van der Waals surface area contributed by atoms with E-state index in [2.05, 4.69) is 32.2 Å². The van der Waals surface area contributed by atoms with E-state index >= 15 is 0 Å². The normalized spacial score (nSPS) is 27.1. The van der Waals surface area contributed by atoms with Crippen LogP contribution in [0.25, 0.3) is 0 Å². The lowest BCUT2D eigenvalue weighted by atomic mass is 9.86. The van der Waals surface area contributed by atoms with Gasteiger partial charge < -0.3 is 10.4 Å². The molecule has 2 nitrogen and oxygen atoms in total. The first kappa shape index (κ1) is 13.1. The smallest absolute Gasteiger partial charge is 0.0953 e. The Labute approximate surface area is 108 Å². The molecule has 96 valence electrons. The lowest BCUT2D eigenvalue weighted by Crippen LogP contribution is -2.42. The van der Waals surface area contributed by atoms with Crippen LogP contribution in [0.5, 0.6) is 0 Å². The van der Waals surface area contributed by atoms with Crippen LogP contribution >= 0.6 is 11.3 Å². The van der Waals surface area contributed by atoms with Crippen LogP contribution in [0.4, 0.5) is 0 Å². The van der Waals surface area contributed by atoms with E-state index in [9.17, 15) is 5.11 Å². The van der Waals surface area contributed by atoms with Gasteiger partial charge in [0.25, 0.3) is 0 Å². The van der Waals surface area contributed by atoms with Gasteiger partial charge in [-0.15, -0.1) is 11.3 Å². The zero-order chi connectivity index (χ0) is 12.4. The molecule has 1 aliphatic rings. The summed E-state index contributed by atoms with van der Waals surface area (Å²) in [7, 11) is 0. The van der Waals surface area contributed by atoms with Gasteiger partial charge in [0.15, 0.2) is 0 Å². The molecule has 1 aromatic heterocycles. The molecule has 0 spiro atoms. The molecule has 17 heavy (non-hydrogen) atoms. The van der Waals surface area contributed by atoms with Crippen molar-refractivity contribution in [2.24, 2.45) is 5.92 Å². The van der Waals surface area contributed by atoms with Gasteiger partial charge in [-0.3, -0.25) is 0 Å². The summed E-state index contributed by atoms with van der Waals surface area (Å²) in [6, 6.07) is 2.38. The SMILES string of the molecule is CCC1CCNC(C(O)c2cc(C)sc2C)C1. The molecule has 0 saturated carbocycles. The molecule has 0 amide bonds. The summed E-state index contributed by atoms with van der Waals surface area (Å²) < 4.78 is 0. The van der Waals surface area contributed by atoms with Crippen LogP contribution in [0.2, 0.25) is 0 Å². The van der Waals surface area contributed by atoms with Crippen molar-refractivity contribution in [1.82, 2.24) is 5.32 Å². The monoisotopic (exact) mass is 253 g/mol. The fraction of sp³-hybridized carbons (Fsp3) is 0.714. The third kappa shape index (κ3) is 2.90. The Hall–Kier alpha value is -0.380. The topological polar surface area (TPSA) is 32.3 Å². The number of hydrogen-bond acceptors (Lipinski definition) is 3. The molecule has 2 N–H and O–H groups in total. The molecular formula is C14H23NOS. The van der Waals surface area contributed by atoms with Crippen LogP contribution in [-0.4, -0.2) is 17.7 Å². The van der Waals surface area contributed by atoms with Crippen molar-refractivity contribution in [1.29, 1.82) is 0 Å². The van der Waals surface area contributed by atoms with Crippen molar-refractivity contribution >= 4 is 11.3 Å². The number of rotatable bonds is 3. The van der Waals surface area contributed by atoms with Gasteiger partial charge >= 0.3 is 0 Å². The second-order valence-electron chi connectivity index (χ2n) is 5.17. The van der Waals surface area contributed by atoms with E-state index in [4.69, 9.17) is 0 Å². The standard InChI is InChI=1S/C14H23NOS/c1-4-11-5-6-15-13(8-11)14(16)12-7-9(2)17-10(12)3/h7,11,13-16H,4-6,8H2,1-3H3. The third-order valence-electron chi connectivity index (χ3n) is 3.90. The van der Waals surface area contributed by atoms with Crippen LogP contribution in [0.15, 0.2) is 6.07 Å². The Morgan fingerprint density at radius 3 is 2.88 bits per heavy atom. The van der Waals surface area contributed by atoms with E-state index in [-0.39, 0.29) is 12.1 Å². The number of aryl methyl sites for hydroxylation is 2. The highest BCUT2D eigenvalue weighted by Crippen LogP contribution is 2.32. The highest BCUT2D eigenvalue weighted by Gasteiger charge is 2.28. The molecule has 1 aromatic rings. The maximum Gasteiger partial charge on any atom is 0.0953 e. The molecule has 2 heterocycles. The van der Waals surface area contributed by atoms with Gasteiger partial charge in [0.05, 0.1) is 6.10 Å². The first-order valence-electron chi connectivity index (χ1n) is 6.60. The molecule has 0 aromatic carbocycles. The predicted octanol–water partition coefficient (Wildman–Crippen LogP) is 3.18. The predicted molar refractivity (Wildman–Crippen MR) is 73.6 cm³/mol. The number of hydrogen-bond donors (Lipinski definition) is 2. The van der Waals surface area contributed by atoms with Crippen LogP contribution in [0.1, 0.15) is 47.6 Å². The average Bonchev–Trinajstić information content (AvgIpc) is 2.67. The van der Waals surface area contributed by atoms with E-state index < -0.39 is 0 Å².